The third kappa shape index (κ3) is 3.21. The molecule has 1 saturated carbocycles. The lowest BCUT2D eigenvalue weighted by atomic mass is 10.1. The molecule has 0 bridgehead atoms. The Labute approximate surface area is 137 Å². The molecule has 0 spiro atoms. The highest BCUT2D eigenvalue weighted by Gasteiger charge is 2.47. The molecule has 1 aromatic carbocycles. The van der Waals surface area contributed by atoms with Crippen LogP contribution >= 0.6 is 23.2 Å². The van der Waals surface area contributed by atoms with Crippen molar-refractivity contribution in [3.05, 3.63) is 33.8 Å². The second kappa shape index (κ2) is 6.07. The van der Waals surface area contributed by atoms with Crippen molar-refractivity contribution in [2.24, 2.45) is 5.92 Å². The molecular formula is C15H15Cl2NO4. The molecule has 1 aliphatic heterocycles. The van der Waals surface area contributed by atoms with E-state index in [1.165, 1.54) is 0 Å². The second-order valence-electron chi connectivity index (χ2n) is 5.63. The Morgan fingerprint density at radius 3 is 2.55 bits per heavy atom. The summed E-state index contributed by atoms with van der Waals surface area (Å²) >= 11 is 12.0. The molecule has 118 valence electrons. The Balaban J connectivity index is 1.66. The maximum Gasteiger partial charge on any atom is 0.334 e. The Bertz CT molecular complexity index is 601. The van der Waals surface area contributed by atoms with Crippen LogP contribution in [-0.2, 0) is 14.3 Å². The topological polar surface area (TPSA) is 66.8 Å². The molecular weight excluding hydrogens is 329 g/mol. The molecule has 1 amide bonds. The maximum absolute atomic E-state index is 12.5. The van der Waals surface area contributed by atoms with Crippen LogP contribution in [0.25, 0.3) is 0 Å². The summed E-state index contributed by atoms with van der Waals surface area (Å²) in [4.78, 5) is 25.1. The van der Waals surface area contributed by atoms with E-state index in [2.05, 4.69) is 0 Å². The number of ether oxygens (including phenoxy) is 1. The SMILES string of the molecule is O=C(O)[C@@H]1CN(C(=O)[C@H]2C[C@@H]2c2cc(Cl)cc(Cl)c2)CCO1. The maximum atomic E-state index is 12.5. The van der Waals surface area contributed by atoms with Crippen LogP contribution in [-0.4, -0.2) is 47.7 Å². The van der Waals surface area contributed by atoms with Crippen molar-refractivity contribution in [1.82, 2.24) is 4.90 Å². The van der Waals surface area contributed by atoms with E-state index in [4.69, 9.17) is 33.0 Å². The predicted octanol–water partition coefficient (Wildman–Crippen LogP) is 2.41. The lowest BCUT2D eigenvalue weighted by Gasteiger charge is -2.31. The van der Waals surface area contributed by atoms with E-state index in [0.717, 1.165) is 12.0 Å². The molecule has 1 heterocycles. The molecule has 1 aromatic rings. The van der Waals surface area contributed by atoms with Gasteiger partial charge in [0.2, 0.25) is 5.91 Å². The average Bonchev–Trinajstić information content (AvgIpc) is 3.26. The Hall–Kier alpha value is -1.30. The van der Waals surface area contributed by atoms with Crippen molar-refractivity contribution in [2.75, 3.05) is 19.7 Å². The summed E-state index contributed by atoms with van der Waals surface area (Å²) < 4.78 is 5.13. The van der Waals surface area contributed by atoms with E-state index in [1.807, 2.05) is 12.1 Å². The number of benzene rings is 1. The summed E-state index contributed by atoms with van der Waals surface area (Å²) in [5, 5.41) is 10.1. The number of carboxylic acid groups (broad SMARTS) is 1. The van der Waals surface area contributed by atoms with Crippen LogP contribution in [0.2, 0.25) is 10.0 Å². The zero-order valence-electron chi connectivity index (χ0n) is 11.7. The number of hydrogen-bond acceptors (Lipinski definition) is 3. The zero-order chi connectivity index (χ0) is 15.9. The quantitative estimate of drug-likeness (QED) is 0.915. The standard InChI is InChI=1S/C15H15Cl2NO4/c16-9-3-8(4-10(17)5-9)11-6-12(11)14(19)18-1-2-22-13(7-18)15(20)21/h3-5,11-13H,1-2,6-7H2,(H,20,21)/t11-,12+,13+/m1/s1. The second-order valence-corrected chi connectivity index (χ2v) is 6.51. The Morgan fingerprint density at radius 1 is 1.23 bits per heavy atom. The highest BCUT2D eigenvalue weighted by atomic mass is 35.5. The van der Waals surface area contributed by atoms with Gasteiger partial charge in [0, 0.05) is 22.5 Å². The molecule has 0 unspecified atom stereocenters. The van der Waals surface area contributed by atoms with E-state index in [1.54, 1.807) is 11.0 Å². The molecule has 2 aliphatic rings. The fraction of sp³-hybridized carbons (Fsp3) is 0.467. The number of aliphatic carboxylic acids is 1. The van der Waals surface area contributed by atoms with E-state index in [9.17, 15) is 9.59 Å². The van der Waals surface area contributed by atoms with E-state index >= 15 is 0 Å². The summed E-state index contributed by atoms with van der Waals surface area (Å²) in [6, 6.07) is 5.31. The third-order valence-corrected chi connectivity index (χ3v) is 4.51. The van der Waals surface area contributed by atoms with Crippen molar-refractivity contribution < 1.29 is 19.4 Å². The van der Waals surface area contributed by atoms with Crippen LogP contribution < -0.4 is 0 Å². The van der Waals surface area contributed by atoms with Crippen LogP contribution in [0.15, 0.2) is 18.2 Å². The molecule has 3 rings (SSSR count). The molecule has 3 atom stereocenters. The highest BCUT2D eigenvalue weighted by Crippen LogP contribution is 2.49. The van der Waals surface area contributed by atoms with Crippen molar-refractivity contribution in [3.63, 3.8) is 0 Å². The van der Waals surface area contributed by atoms with Crippen LogP contribution in [0.3, 0.4) is 0 Å². The number of nitrogens with zero attached hydrogens (tertiary/aromatic N) is 1. The van der Waals surface area contributed by atoms with Crippen LogP contribution in [0.1, 0.15) is 17.9 Å². The number of amides is 1. The first-order valence-corrected chi connectivity index (χ1v) is 7.80. The van der Waals surface area contributed by atoms with Gasteiger partial charge in [-0.05, 0) is 36.1 Å². The summed E-state index contributed by atoms with van der Waals surface area (Å²) in [6.45, 7) is 0.791. The van der Waals surface area contributed by atoms with Gasteiger partial charge < -0.3 is 14.7 Å². The van der Waals surface area contributed by atoms with Crippen LogP contribution in [0, 0.1) is 5.92 Å². The monoisotopic (exact) mass is 343 g/mol. The summed E-state index contributed by atoms with van der Waals surface area (Å²) in [6.07, 6.45) is -0.194. The van der Waals surface area contributed by atoms with Gasteiger partial charge in [-0.15, -0.1) is 0 Å². The Morgan fingerprint density at radius 2 is 1.91 bits per heavy atom. The minimum atomic E-state index is -1.04. The minimum Gasteiger partial charge on any atom is -0.479 e. The lowest BCUT2D eigenvalue weighted by Crippen LogP contribution is -2.49. The molecule has 2 fully saturated rings. The fourth-order valence-electron chi connectivity index (χ4n) is 2.86. The summed E-state index contributed by atoms with van der Waals surface area (Å²) in [5.41, 5.74) is 0.957. The number of carboxylic acids is 1. The third-order valence-electron chi connectivity index (χ3n) is 4.07. The van der Waals surface area contributed by atoms with Gasteiger partial charge >= 0.3 is 5.97 Å². The van der Waals surface area contributed by atoms with Gasteiger partial charge in [0.15, 0.2) is 6.10 Å². The molecule has 1 aliphatic carbocycles. The van der Waals surface area contributed by atoms with Crippen molar-refractivity contribution in [2.45, 2.75) is 18.4 Å². The summed E-state index contributed by atoms with van der Waals surface area (Å²) in [5.74, 6) is -1.07. The molecule has 1 N–H and O–H groups in total. The Kier molecular flexibility index (Phi) is 4.30. The number of halogens is 2. The molecule has 0 radical (unpaired) electrons. The first kappa shape index (κ1) is 15.6. The minimum absolute atomic E-state index is 0.0179. The van der Waals surface area contributed by atoms with E-state index in [-0.39, 0.29) is 30.9 Å². The van der Waals surface area contributed by atoms with Crippen molar-refractivity contribution in [3.8, 4) is 0 Å². The van der Waals surface area contributed by atoms with Crippen molar-refractivity contribution in [1.29, 1.82) is 0 Å². The van der Waals surface area contributed by atoms with E-state index in [0.29, 0.717) is 16.6 Å². The summed E-state index contributed by atoms with van der Waals surface area (Å²) in [7, 11) is 0. The van der Waals surface area contributed by atoms with Gasteiger partial charge in [0.1, 0.15) is 0 Å². The number of rotatable bonds is 3. The normalized spacial score (nSPS) is 27.5. The number of hydrogen-bond donors (Lipinski definition) is 1. The molecule has 22 heavy (non-hydrogen) atoms. The average molecular weight is 344 g/mol. The van der Waals surface area contributed by atoms with Crippen LogP contribution in [0.4, 0.5) is 0 Å². The lowest BCUT2D eigenvalue weighted by molar-refractivity contribution is -0.159. The van der Waals surface area contributed by atoms with Gasteiger partial charge in [-0.3, -0.25) is 4.79 Å². The highest BCUT2D eigenvalue weighted by molar-refractivity contribution is 6.34. The molecule has 5 nitrogen and oxygen atoms in total. The van der Waals surface area contributed by atoms with Gasteiger partial charge in [-0.25, -0.2) is 4.79 Å². The number of carbonyl (C=O) groups is 2. The number of carbonyl (C=O) groups excluding carboxylic acids is 1. The van der Waals surface area contributed by atoms with Gasteiger partial charge in [0.25, 0.3) is 0 Å². The smallest absolute Gasteiger partial charge is 0.334 e. The van der Waals surface area contributed by atoms with Crippen LogP contribution in [0.5, 0.6) is 0 Å². The van der Waals surface area contributed by atoms with Crippen molar-refractivity contribution >= 4 is 35.1 Å². The fourth-order valence-corrected chi connectivity index (χ4v) is 3.40. The van der Waals surface area contributed by atoms with Gasteiger partial charge in [-0.2, -0.15) is 0 Å². The molecule has 1 saturated heterocycles. The molecule has 7 heteroatoms. The van der Waals surface area contributed by atoms with Gasteiger partial charge in [-0.1, -0.05) is 23.2 Å². The number of morpholine rings is 1. The predicted molar refractivity (Wildman–Crippen MR) is 81.3 cm³/mol. The van der Waals surface area contributed by atoms with Gasteiger partial charge in [0.05, 0.1) is 13.2 Å². The largest absolute Gasteiger partial charge is 0.479 e. The van der Waals surface area contributed by atoms with E-state index < -0.39 is 12.1 Å². The molecule has 0 aromatic heterocycles. The first-order chi connectivity index (χ1) is 10.5. The first-order valence-electron chi connectivity index (χ1n) is 7.05. The zero-order valence-corrected chi connectivity index (χ0v) is 13.2.